The molecular formula is C12H25NO4Si. The number of hydrogen-bond acceptors (Lipinski definition) is 3. The van der Waals surface area contributed by atoms with Crippen molar-refractivity contribution >= 4 is 20.2 Å². The first-order chi connectivity index (χ1) is 8.28. The highest BCUT2D eigenvalue weighted by atomic mass is 28.4. The first kappa shape index (κ1) is 17.1. The summed E-state index contributed by atoms with van der Waals surface area (Å²) in [6.45, 7) is 9.26. The van der Waals surface area contributed by atoms with E-state index in [-0.39, 0.29) is 12.3 Å². The average Bonchev–Trinajstić information content (AvgIpc) is 2.23. The smallest absolute Gasteiger partial charge is 0.304 e. The van der Waals surface area contributed by atoms with E-state index in [1.54, 1.807) is 6.92 Å². The molecule has 18 heavy (non-hydrogen) atoms. The molecule has 0 aromatic carbocycles. The summed E-state index contributed by atoms with van der Waals surface area (Å²) in [7, 11) is -1.57. The van der Waals surface area contributed by atoms with E-state index in [0.717, 1.165) is 19.1 Å². The van der Waals surface area contributed by atoms with E-state index in [0.29, 0.717) is 6.54 Å². The normalized spacial score (nSPS) is 13.1. The van der Waals surface area contributed by atoms with E-state index in [1.807, 2.05) is 6.92 Å². The molecule has 1 atom stereocenters. The predicted octanol–water partition coefficient (Wildman–Crippen LogP) is 1.85. The molecule has 1 unspecified atom stereocenters. The largest absolute Gasteiger partial charge is 0.481 e. The standard InChI is InChI=1S/C12H25NO4Si/c1-5-17-18(3,4)8-6-7-13-12(16)10(2)9-11(14)15/h10H,5-9H2,1-4H3,(H,13,16)(H,14,15). The molecule has 0 bridgehead atoms. The highest BCUT2D eigenvalue weighted by Gasteiger charge is 2.21. The molecule has 6 heteroatoms. The van der Waals surface area contributed by atoms with E-state index in [4.69, 9.17) is 9.53 Å². The van der Waals surface area contributed by atoms with Crippen LogP contribution in [0, 0.1) is 5.92 Å². The number of carboxylic acids is 1. The average molecular weight is 275 g/mol. The minimum absolute atomic E-state index is 0.120. The van der Waals surface area contributed by atoms with E-state index in [9.17, 15) is 9.59 Å². The van der Waals surface area contributed by atoms with Gasteiger partial charge in [-0.05, 0) is 32.5 Å². The Bertz CT molecular complexity index is 281. The molecule has 2 N–H and O–H groups in total. The maximum absolute atomic E-state index is 11.5. The van der Waals surface area contributed by atoms with E-state index in [2.05, 4.69) is 18.4 Å². The molecular weight excluding hydrogens is 250 g/mol. The molecule has 0 aliphatic rings. The molecule has 0 aromatic rings. The molecule has 5 nitrogen and oxygen atoms in total. The number of rotatable bonds is 9. The van der Waals surface area contributed by atoms with Crippen LogP contribution >= 0.6 is 0 Å². The maximum atomic E-state index is 11.5. The molecule has 0 saturated carbocycles. The predicted molar refractivity (Wildman–Crippen MR) is 73.0 cm³/mol. The van der Waals surface area contributed by atoms with Crippen LogP contribution in [0.25, 0.3) is 0 Å². The second-order valence-electron chi connectivity index (χ2n) is 5.09. The van der Waals surface area contributed by atoms with Crippen LogP contribution in [-0.2, 0) is 14.0 Å². The number of nitrogens with one attached hydrogen (secondary N) is 1. The summed E-state index contributed by atoms with van der Waals surface area (Å²) in [4.78, 5) is 22.0. The van der Waals surface area contributed by atoms with E-state index >= 15 is 0 Å². The number of carboxylic acid groups (broad SMARTS) is 1. The molecule has 0 fully saturated rings. The highest BCUT2D eigenvalue weighted by Crippen LogP contribution is 2.13. The number of carbonyl (C=O) groups excluding carboxylic acids is 1. The van der Waals surface area contributed by atoms with Crippen LogP contribution in [0.4, 0.5) is 0 Å². The van der Waals surface area contributed by atoms with Gasteiger partial charge in [0.05, 0.1) is 6.42 Å². The Balaban J connectivity index is 3.78. The van der Waals surface area contributed by atoms with Crippen molar-refractivity contribution in [1.82, 2.24) is 5.32 Å². The number of carbonyl (C=O) groups is 2. The lowest BCUT2D eigenvalue weighted by molar-refractivity contribution is -0.140. The fourth-order valence-electron chi connectivity index (χ4n) is 1.72. The van der Waals surface area contributed by atoms with Gasteiger partial charge in [0.1, 0.15) is 0 Å². The van der Waals surface area contributed by atoms with Crippen molar-refractivity contribution in [2.45, 2.75) is 45.8 Å². The van der Waals surface area contributed by atoms with Crippen molar-refractivity contribution < 1.29 is 19.1 Å². The van der Waals surface area contributed by atoms with Gasteiger partial charge in [-0.15, -0.1) is 0 Å². The van der Waals surface area contributed by atoms with Crippen molar-refractivity contribution in [2.75, 3.05) is 13.2 Å². The highest BCUT2D eigenvalue weighted by molar-refractivity contribution is 6.71. The lowest BCUT2D eigenvalue weighted by atomic mass is 10.1. The fourth-order valence-corrected chi connectivity index (χ4v) is 3.67. The summed E-state index contributed by atoms with van der Waals surface area (Å²) in [6, 6.07) is 0.994. The molecule has 0 aliphatic heterocycles. The first-order valence-corrected chi connectivity index (χ1v) is 9.53. The fraction of sp³-hybridized carbons (Fsp3) is 0.833. The van der Waals surface area contributed by atoms with Crippen molar-refractivity contribution in [3.8, 4) is 0 Å². The number of hydrogen-bond donors (Lipinski definition) is 2. The Hall–Kier alpha value is -0.883. The van der Waals surface area contributed by atoms with Gasteiger partial charge in [-0.1, -0.05) is 6.92 Å². The third-order valence-electron chi connectivity index (χ3n) is 2.72. The summed E-state index contributed by atoms with van der Waals surface area (Å²) >= 11 is 0. The molecule has 0 aliphatic carbocycles. The number of aliphatic carboxylic acids is 1. The third kappa shape index (κ3) is 8.24. The minimum Gasteiger partial charge on any atom is -0.481 e. The van der Waals surface area contributed by atoms with Gasteiger partial charge in [0.2, 0.25) is 5.91 Å². The Kier molecular flexibility index (Phi) is 7.85. The maximum Gasteiger partial charge on any atom is 0.304 e. The van der Waals surface area contributed by atoms with Crippen LogP contribution in [0.5, 0.6) is 0 Å². The Morgan fingerprint density at radius 2 is 2.00 bits per heavy atom. The van der Waals surface area contributed by atoms with Crippen LogP contribution in [0.15, 0.2) is 0 Å². The summed E-state index contributed by atoms with van der Waals surface area (Å²) < 4.78 is 5.68. The molecule has 0 heterocycles. The monoisotopic (exact) mass is 275 g/mol. The summed E-state index contributed by atoms with van der Waals surface area (Å²) in [5.74, 6) is -1.60. The molecule has 106 valence electrons. The molecule has 0 rings (SSSR count). The van der Waals surface area contributed by atoms with Gasteiger partial charge < -0.3 is 14.8 Å². The van der Waals surface area contributed by atoms with E-state index < -0.39 is 20.2 Å². The van der Waals surface area contributed by atoms with Crippen molar-refractivity contribution in [3.05, 3.63) is 0 Å². The molecule has 0 spiro atoms. The van der Waals surface area contributed by atoms with Gasteiger partial charge in [-0.2, -0.15) is 0 Å². The van der Waals surface area contributed by atoms with Crippen LogP contribution in [0.2, 0.25) is 19.1 Å². The second kappa shape index (κ2) is 8.26. The summed E-state index contributed by atoms with van der Waals surface area (Å²) in [5, 5.41) is 11.3. The van der Waals surface area contributed by atoms with Gasteiger partial charge in [-0.25, -0.2) is 0 Å². The van der Waals surface area contributed by atoms with Crippen LogP contribution in [-0.4, -0.2) is 38.5 Å². The van der Waals surface area contributed by atoms with Gasteiger partial charge in [0.25, 0.3) is 0 Å². The zero-order valence-electron chi connectivity index (χ0n) is 11.8. The Morgan fingerprint density at radius 3 is 2.50 bits per heavy atom. The van der Waals surface area contributed by atoms with E-state index in [1.165, 1.54) is 0 Å². The molecule has 0 saturated heterocycles. The summed E-state index contributed by atoms with van der Waals surface area (Å²) in [6.07, 6.45) is 0.760. The molecule has 1 amide bonds. The first-order valence-electron chi connectivity index (χ1n) is 6.42. The lowest BCUT2D eigenvalue weighted by Gasteiger charge is -2.21. The SMILES string of the molecule is CCO[Si](C)(C)CCCNC(=O)C(C)CC(=O)O. The van der Waals surface area contributed by atoms with Crippen molar-refractivity contribution in [2.24, 2.45) is 5.92 Å². The van der Waals surface area contributed by atoms with Gasteiger partial charge in [0, 0.05) is 19.1 Å². The quantitative estimate of drug-likeness (QED) is 0.497. The Morgan fingerprint density at radius 1 is 1.39 bits per heavy atom. The summed E-state index contributed by atoms with van der Waals surface area (Å²) in [5.41, 5.74) is 0. The number of amides is 1. The van der Waals surface area contributed by atoms with Crippen molar-refractivity contribution in [1.29, 1.82) is 0 Å². The van der Waals surface area contributed by atoms with Gasteiger partial charge in [0.15, 0.2) is 8.32 Å². The van der Waals surface area contributed by atoms with Gasteiger partial charge in [-0.3, -0.25) is 9.59 Å². The topological polar surface area (TPSA) is 75.6 Å². The zero-order chi connectivity index (χ0) is 14.2. The molecule has 0 radical (unpaired) electrons. The molecule has 0 aromatic heterocycles. The lowest BCUT2D eigenvalue weighted by Crippen LogP contribution is -2.34. The van der Waals surface area contributed by atoms with Crippen LogP contribution in [0.1, 0.15) is 26.7 Å². The second-order valence-corrected chi connectivity index (χ2v) is 9.39. The Labute approximate surface area is 110 Å². The zero-order valence-corrected chi connectivity index (χ0v) is 12.8. The van der Waals surface area contributed by atoms with Crippen LogP contribution in [0.3, 0.4) is 0 Å². The van der Waals surface area contributed by atoms with Crippen molar-refractivity contribution in [3.63, 3.8) is 0 Å². The third-order valence-corrected chi connectivity index (χ3v) is 5.35. The minimum atomic E-state index is -1.57. The van der Waals surface area contributed by atoms with Crippen LogP contribution < -0.4 is 5.32 Å². The van der Waals surface area contributed by atoms with Gasteiger partial charge >= 0.3 is 5.97 Å².